The van der Waals surface area contributed by atoms with Gasteiger partial charge in [0.05, 0.1) is 24.0 Å². The summed E-state index contributed by atoms with van der Waals surface area (Å²) in [5.74, 6) is -0.429. The predicted octanol–water partition coefficient (Wildman–Crippen LogP) is 1.38. The zero-order chi connectivity index (χ0) is 16.2. The molecule has 2 amide bonds. The van der Waals surface area contributed by atoms with Crippen LogP contribution >= 0.6 is 0 Å². The minimum atomic E-state index is -0.978. The summed E-state index contributed by atoms with van der Waals surface area (Å²) in [5.41, 5.74) is 0.585. The van der Waals surface area contributed by atoms with Gasteiger partial charge in [-0.25, -0.2) is 0 Å². The van der Waals surface area contributed by atoms with Gasteiger partial charge in [0.1, 0.15) is 25.1 Å². The number of imide groups is 1. The minimum Gasteiger partial charge on any atom is -0.467 e. The molecular weight excluding hydrogens is 302 g/mol. The Morgan fingerprint density at radius 2 is 1.74 bits per heavy atom. The molecule has 1 aliphatic heterocycles. The number of ether oxygens (including phenoxy) is 1. The maximum absolute atomic E-state index is 12.0. The maximum atomic E-state index is 12.0. The van der Waals surface area contributed by atoms with Crippen molar-refractivity contribution in [2.75, 3.05) is 13.2 Å². The molecule has 1 aliphatic rings. The maximum Gasteiger partial charge on any atom is 0.285 e. The van der Waals surface area contributed by atoms with Crippen molar-refractivity contribution >= 4 is 11.8 Å². The molecule has 2 heterocycles. The Labute approximate surface area is 132 Å². The van der Waals surface area contributed by atoms with E-state index in [0.717, 1.165) is 0 Å². The predicted molar refractivity (Wildman–Crippen MR) is 77.3 cm³/mol. The van der Waals surface area contributed by atoms with Crippen LogP contribution in [0.5, 0.6) is 0 Å². The molecule has 1 N–H and O–H groups in total. The van der Waals surface area contributed by atoms with Crippen molar-refractivity contribution in [2.45, 2.75) is 12.7 Å². The van der Waals surface area contributed by atoms with Crippen molar-refractivity contribution in [2.24, 2.45) is 0 Å². The third-order valence-electron chi connectivity index (χ3n) is 3.29. The summed E-state index contributed by atoms with van der Waals surface area (Å²) in [6.07, 6.45) is 0.551. The van der Waals surface area contributed by atoms with Gasteiger partial charge in [0, 0.05) is 0 Å². The highest BCUT2D eigenvalue weighted by Crippen LogP contribution is 2.22. The van der Waals surface area contributed by atoms with Crippen molar-refractivity contribution in [1.29, 1.82) is 0 Å². The number of hydrogen-bond acceptors (Lipinski definition) is 6. The molecule has 0 bridgehead atoms. The van der Waals surface area contributed by atoms with Gasteiger partial charge in [0.25, 0.3) is 11.8 Å². The smallest absolute Gasteiger partial charge is 0.285 e. The number of hydroxylamine groups is 2. The van der Waals surface area contributed by atoms with Crippen molar-refractivity contribution in [3.8, 4) is 0 Å². The number of fused-ring (bicyclic) bond motifs is 1. The van der Waals surface area contributed by atoms with Gasteiger partial charge in [-0.15, -0.1) is 5.06 Å². The van der Waals surface area contributed by atoms with Gasteiger partial charge in [-0.2, -0.15) is 0 Å². The van der Waals surface area contributed by atoms with Crippen molar-refractivity contribution < 1.29 is 28.7 Å². The van der Waals surface area contributed by atoms with E-state index in [-0.39, 0.29) is 19.8 Å². The van der Waals surface area contributed by atoms with Crippen LogP contribution in [0.1, 0.15) is 26.5 Å². The Morgan fingerprint density at radius 1 is 1.04 bits per heavy atom. The van der Waals surface area contributed by atoms with E-state index in [9.17, 15) is 14.7 Å². The third-order valence-corrected chi connectivity index (χ3v) is 3.29. The summed E-state index contributed by atoms with van der Waals surface area (Å²) in [7, 11) is 0. The fourth-order valence-electron chi connectivity index (χ4n) is 2.18. The lowest BCUT2D eigenvalue weighted by Gasteiger charge is -2.16. The molecule has 3 rings (SSSR count). The van der Waals surface area contributed by atoms with E-state index < -0.39 is 17.9 Å². The van der Waals surface area contributed by atoms with Gasteiger partial charge in [-0.1, -0.05) is 12.1 Å². The van der Waals surface area contributed by atoms with Crippen molar-refractivity contribution in [3.05, 3.63) is 59.5 Å². The first kappa shape index (κ1) is 15.4. The number of nitrogens with zero attached hydrogens (tertiary/aromatic N) is 1. The first-order valence-electron chi connectivity index (χ1n) is 7.05. The molecule has 1 atom stereocenters. The molecule has 1 aromatic heterocycles. The molecule has 0 saturated carbocycles. The van der Waals surface area contributed by atoms with Gasteiger partial charge in [-0.3, -0.25) is 14.4 Å². The van der Waals surface area contributed by atoms with Crippen LogP contribution in [0.15, 0.2) is 47.1 Å². The number of furan rings is 1. The number of rotatable bonds is 7. The number of amides is 2. The standard InChI is InChI=1S/C16H15NO6/c18-11(8-21-10-12-4-3-7-22-12)9-23-17-15(19)13-5-1-2-6-14(13)16(17)20/h1-7,11,18H,8-10H2. The average Bonchev–Trinajstić information content (AvgIpc) is 3.15. The molecule has 7 nitrogen and oxygen atoms in total. The number of carbonyl (C=O) groups is 2. The lowest BCUT2D eigenvalue weighted by molar-refractivity contribution is -0.127. The van der Waals surface area contributed by atoms with Crippen LogP contribution < -0.4 is 0 Å². The molecule has 0 aliphatic carbocycles. The number of benzene rings is 1. The molecule has 120 valence electrons. The Bertz CT molecular complexity index is 661. The summed E-state index contributed by atoms with van der Waals surface area (Å²) in [5, 5.41) is 10.5. The first-order valence-corrected chi connectivity index (χ1v) is 7.05. The van der Waals surface area contributed by atoms with Crippen LogP contribution in [0.25, 0.3) is 0 Å². The zero-order valence-corrected chi connectivity index (χ0v) is 12.2. The van der Waals surface area contributed by atoms with Crippen LogP contribution in [0.4, 0.5) is 0 Å². The van der Waals surface area contributed by atoms with E-state index in [0.29, 0.717) is 22.0 Å². The topological polar surface area (TPSA) is 89.2 Å². The number of hydrogen-bond donors (Lipinski definition) is 1. The van der Waals surface area contributed by atoms with Gasteiger partial charge >= 0.3 is 0 Å². The zero-order valence-electron chi connectivity index (χ0n) is 12.2. The number of carbonyl (C=O) groups excluding carboxylic acids is 2. The Balaban J connectivity index is 1.47. The van der Waals surface area contributed by atoms with Crippen molar-refractivity contribution in [3.63, 3.8) is 0 Å². The van der Waals surface area contributed by atoms with E-state index >= 15 is 0 Å². The fourth-order valence-corrected chi connectivity index (χ4v) is 2.18. The average molecular weight is 317 g/mol. The van der Waals surface area contributed by atoms with Gasteiger partial charge in [-0.05, 0) is 24.3 Å². The fraction of sp³-hybridized carbons (Fsp3) is 0.250. The molecular formula is C16H15NO6. The normalized spacial score (nSPS) is 15.1. The number of aliphatic hydroxyl groups excluding tert-OH is 1. The van der Waals surface area contributed by atoms with E-state index in [4.69, 9.17) is 14.0 Å². The monoisotopic (exact) mass is 317 g/mol. The summed E-state index contributed by atoms with van der Waals surface area (Å²) >= 11 is 0. The second kappa shape index (κ2) is 6.74. The van der Waals surface area contributed by atoms with Crippen LogP contribution in [0.3, 0.4) is 0 Å². The molecule has 23 heavy (non-hydrogen) atoms. The molecule has 0 spiro atoms. The molecule has 0 saturated heterocycles. The lowest BCUT2D eigenvalue weighted by atomic mass is 10.1. The SMILES string of the molecule is O=C1c2ccccc2C(=O)N1OCC(O)COCc1ccco1. The van der Waals surface area contributed by atoms with Crippen LogP contribution in [0, 0.1) is 0 Å². The molecule has 1 unspecified atom stereocenters. The van der Waals surface area contributed by atoms with Gasteiger partial charge < -0.3 is 14.3 Å². The van der Waals surface area contributed by atoms with Crippen LogP contribution in [-0.2, 0) is 16.2 Å². The number of aliphatic hydroxyl groups is 1. The van der Waals surface area contributed by atoms with Gasteiger partial charge in [0.15, 0.2) is 0 Å². The summed E-state index contributed by atoms with van der Waals surface area (Å²) in [6.45, 7) is -0.0232. The molecule has 2 aromatic rings. The van der Waals surface area contributed by atoms with Gasteiger partial charge in [0.2, 0.25) is 0 Å². The van der Waals surface area contributed by atoms with Crippen molar-refractivity contribution in [1.82, 2.24) is 5.06 Å². The lowest BCUT2D eigenvalue weighted by Crippen LogP contribution is -2.34. The largest absolute Gasteiger partial charge is 0.467 e. The molecule has 7 heteroatoms. The van der Waals surface area contributed by atoms with Crippen LogP contribution in [0.2, 0.25) is 0 Å². The second-order valence-electron chi connectivity index (χ2n) is 4.99. The Kier molecular flexibility index (Phi) is 4.52. The third kappa shape index (κ3) is 3.31. The van der Waals surface area contributed by atoms with Crippen LogP contribution in [-0.4, -0.2) is 41.3 Å². The Hall–Kier alpha value is -2.48. The van der Waals surface area contributed by atoms with E-state index in [2.05, 4.69) is 0 Å². The molecule has 0 radical (unpaired) electrons. The Morgan fingerprint density at radius 3 is 2.35 bits per heavy atom. The highest BCUT2D eigenvalue weighted by atomic mass is 16.7. The quantitative estimate of drug-likeness (QED) is 0.776. The molecule has 0 fully saturated rings. The summed E-state index contributed by atoms with van der Waals surface area (Å²) in [6, 6.07) is 9.95. The molecule has 1 aromatic carbocycles. The first-order chi connectivity index (χ1) is 11.2. The highest BCUT2D eigenvalue weighted by Gasteiger charge is 2.36. The van der Waals surface area contributed by atoms with E-state index in [1.807, 2.05) is 0 Å². The van der Waals surface area contributed by atoms with E-state index in [1.165, 1.54) is 6.26 Å². The summed E-state index contributed by atoms with van der Waals surface area (Å²) < 4.78 is 10.3. The highest BCUT2D eigenvalue weighted by molar-refractivity contribution is 6.20. The summed E-state index contributed by atoms with van der Waals surface area (Å²) in [4.78, 5) is 29.2. The second-order valence-corrected chi connectivity index (χ2v) is 4.99. The minimum absolute atomic E-state index is 0.0101. The van der Waals surface area contributed by atoms with E-state index in [1.54, 1.807) is 36.4 Å².